The Balaban J connectivity index is 0.000000421. The summed E-state index contributed by atoms with van der Waals surface area (Å²) in [5, 5.41) is 2.50. The SMILES string of the molecule is Brc1cccc2c[n+](Cc3ccccc3)ccc12.FC(F)(F)c1cc([B-](c2cc(C(F)(F)F)cc(C(F)(F)F)c2)(c2cc(C(F)(F)F)cc(C(F)(F)F)c2)c2cc(C(F)(F)F)cc(C(F)(F)F)c2)cc(C(F)(F)F)c1. The minimum Gasteiger partial charge on any atom is -0.200 e. The van der Waals surface area contributed by atoms with E-state index in [2.05, 4.69) is 81.4 Å². The van der Waals surface area contributed by atoms with Crippen LogP contribution in [-0.2, 0) is 56.0 Å². The molecule has 0 unspecified atom stereocenters. The average Bonchev–Trinajstić information content (AvgIpc) is 3.27. The number of hydrogen-bond donors (Lipinski definition) is 0. The van der Waals surface area contributed by atoms with E-state index in [1.165, 1.54) is 16.3 Å². The number of alkyl halides is 24. The molecule has 0 saturated carbocycles. The first-order valence-corrected chi connectivity index (χ1v) is 21.4. The van der Waals surface area contributed by atoms with Crippen LogP contribution in [0.2, 0.25) is 0 Å². The van der Waals surface area contributed by atoms with Gasteiger partial charge >= 0.3 is 49.4 Å². The van der Waals surface area contributed by atoms with Gasteiger partial charge in [-0.15, -0.1) is 0 Å². The average molecular weight is 1160 g/mol. The Bertz CT molecular complexity index is 2760. The summed E-state index contributed by atoms with van der Waals surface area (Å²) in [4.78, 5) is 0. The van der Waals surface area contributed by atoms with E-state index in [1.54, 1.807) is 0 Å². The summed E-state index contributed by atoms with van der Waals surface area (Å²) in [5.41, 5.74) is -28.9. The van der Waals surface area contributed by atoms with Crippen molar-refractivity contribution in [2.45, 2.75) is 56.0 Å². The summed E-state index contributed by atoms with van der Waals surface area (Å²) in [5.74, 6) is 0. The number of benzene rings is 6. The summed E-state index contributed by atoms with van der Waals surface area (Å²) in [6.07, 6.45) is -50.5. The number of pyridine rings is 1. The molecule has 75 heavy (non-hydrogen) atoms. The molecule has 0 aliphatic carbocycles. The molecule has 400 valence electrons. The van der Waals surface area contributed by atoms with Crippen LogP contribution >= 0.6 is 15.9 Å². The highest BCUT2D eigenvalue weighted by Crippen LogP contribution is 2.41. The van der Waals surface area contributed by atoms with Crippen molar-refractivity contribution in [3.63, 3.8) is 0 Å². The van der Waals surface area contributed by atoms with Crippen LogP contribution in [0.25, 0.3) is 10.8 Å². The number of aromatic nitrogens is 1. The fourth-order valence-electron chi connectivity index (χ4n) is 8.20. The fourth-order valence-corrected chi connectivity index (χ4v) is 8.71. The summed E-state index contributed by atoms with van der Waals surface area (Å²) in [7, 11) is 0. The number of hydrogen-bond acceptors (Lipinski definition) is 0. The van der Waals surface area contributed by atoms with Crippen LogP contribution < -0.4 is 26.4 Å². The molecule has 0 amide bonds. The molecular weight excluding hydrogens is 1140 g/mol. The van der Waals surface area contributed by atoms with Gasteiger partial charge in [-0.25, -0.2) is 4.57 Å². The zero-order valence-electron chi connectivity index (χ0n) is 36.5. The quantitative estimate of drug-likeness (QED) is 0.0888. The second-order valence-corrected chi connectivity index (χ2v) is 17.4. The summed E-state index contributed by atoms with van der Waals surface area (Å²) in [6, 6.07) is 10.1. The number of rotatable bonds is 6. The molecule has 1 aromatic heterocycles. The molecule has 1 heterocycles. The third kappa shape index (κ3) is 13.2. The minimum atomic E-state index is -6.13. The maximum atomic E-state index is 14.2. The maximum Gasteiger partial charge on any atom is 0.416 e. The van der Waals surface area contributed by atoms with Crippen molar-refractivity contribution in [1.29, 1.82) is 0 Å². The molecule has 0 bridgehead atoms. The molecule has 6 aromatic carbocycles. The van der Waals surface area contributed by atoms with Crippen LogP contribution in [0.15, 0.2) is 144 Å². The minimum absolute atomic E-state index is 0.691. The predicted molar refractivity (Wildman–Crippen MR) is 227 cm³/mol. The second-order valence-electron chi connectivity index (χ2n) is 16.6. The zero-order chi connectivity index (χ0) is 56.3. The van der Waals surface area contributed by atoms with Crippen molar-refractivity contribution >= 4 is 54.7 Å². The topological polar surface area (TPSA) is 3.88 Å². The molecule has 7 aromatic rings. The summed E-state index contributed by atoms with van der Waals surface area (Å²) in [6.45, 7) is 0.906. The predicted octanol–water partition coefficient (Wildman–Crippen LogP) is 15.2. The van der Waals surface area contributed by atoms with Gasteiger partial charge in [0.2, 0.25) is 0 Å². The standard InChI is InChI=1S/C32H12BF24.C16H13BrN/c34-25(35,36)13-1-14(26(37,38)39)6-21(5-13)33(22-7-15(27(40,41)42)2-16(8-22)28(43,44)45,23-9-17(29(46,47)48)3-18(10-23)30(49,50)51)24-11-19(31(52,53)54)4-20(12-24)32(55,56)57;17-16-8-4-7-14-12-18(10-9-15(14)16)11-13-5-2-1-3-6-13/h1-12H;1-10,12H,11H2/q-1;+1. The third-order valence-electron chi connectivity index (χ3n) is 11.5. The molecule has 0 aliphatic heterocycles. The molecule has 0 radical (unpaired) electrons. The van der Waals surface area contributed by atoms with E-state index in [0.29, 0.717) is 0 Å². The van der Waals surface area contributed by atoms with Crippen molar-refractivity contribution in [1.82, 2.24) is 0 Å². The van der Waals surface area contributed by atoms with Crippen molar-refractivity contribution in [2.75, 3.05) is 0 Å². The Morgan fingerprint density at radius 3 is 0.880 bits per heavy atom. The van der Waals surface area contributed by atoms with Crippen LogP contribution in [0.3, 0.4) is 0 Å². The van der Waals surface area contributed by atoms with E-state index >= 15 is 0 Å². The Morgan fingerprint density at radius 1 is 0.333 bits per heavy atom. The Morgan fingerprint density at radius 2 is 0.613 bits per heavy atom. The normalized spacial score (nSPS) is 13.5. The molecule has 7 rings (SSSR count). The Kier molecular flexibility index (Phi) is 15.4. The van der Waals surface area contributed by atoms with Crippen LogP contribution in [0.4, 0.5) is 105 Å². The molecule has 0 aliphatic rings. The molecule has 0 atom stereocenters. The number of fused-ring (bicyclic) bond motifs is 1. The van der Waals surface area contributed by atoms with Gasteiger partial charge in [-0.3, -0.25) is 0 Å². The van der Waals surface area contributed by atoms with Gasteiger partial charge < -0.3 is 0 Å². The van der Waals surface area contributed by atoms with Gasteiger partial charge in [0.25, 0.3) is 0 Å². The van der Waals surface area contributed by atoms with Crippen LogP contribution in [0.1, 0.15) is 50.1 Å². The van der Waals surface area contributed by atoms with E-state index in [0.717, 1.165) is 11.0 Å². The van der Waals surface area contributed by atoms with Gasteiger partial charge in [0.15, 0.2) is 18.9 Å². The maximum absolute atomic E-state index is 14.2. The highest BCUT2D eigenvalue weighted by atomic mass is 79.9. The van der Waals surface area contributed by atoms with Gasteiger partial charge in [0.05, 0.1) is 44.5 Å². The molecule has 0 N–H and O–H groups in total. The zero-order valence-corrected chi connectivity index (χ0v) is 38.0. The summed E-state index contributed by atoms with van der Waals surface area (Å²) >= 11 is 3.58. The molecule has 27 heteroatoms. The first-order chi connectivity index (χ1) is 34.1. The molecule has 0 saturated heterocycles. The molecule has 1 nitrogen and oxygen atoms in total. The van der Waals surface area contributed by atoms with Crippen molar-refractivity contribution in [3.05, 3.63) is 194 Å². The first kappa shape index (κ1) is 57.9. The molecule has 0 spiro atoms. The largest absolute Gasteiger partial charge is 0.416 e. The van der Waals surface area contributed by atoms with E-state index in [4.69, 9.17) is 0 Å². The van der Waals surface area contributed by atoms with Gasteiger partial charge in [-0.2, -0.15) is 127 Å². The second kappa shape index (κ2) is 19.9. The number of nitrogens with zero attached hydrogens (tertiary/aromatic N) is 1. The van der Waals surface area contributed by atoms with E-state index in [1.807, 2.05) is 6.07 Å². The van der Waals surface area contributed by atoms with Crippen molar-refractivity contribution in [2.24, 2.45) is 0 Å². The Labute approximate surface area is 414 Å². The molecule has 0 fully saturated rings. The Hall–Kier alpha value is -6.41. The third-order valence-corrected chi connectivity index (χ3v) is 12.2. The van der Waals surface area contributed by atoms with E-state index < -0.39 is 195 Å². The number of halogens is 25. The van der Waals surface area contributed by atoms with Gasteiger partial charge in [-0.1, -0.05) is 101 Å². The first-order valence-electron chi connectivity index (χ1n) is 20.6. The van der Waals surface area contributed by atoms with E-state index in [9.17, 15) is 105 Å². The van der Waals surface area contributed by atoms with Crippen LogP contribution in [-0.4, -0.2) is 6.15 Å². The van der Waals surface area contributed by atoms with Gasteiger partial charge in [-0.05, 0) is 36.4 Å². The van der Waals surface area contributed by atoms with E-state index in [-0.39, 0.29) is 0 Å². The lowest BCUT2D eigenvalue weighted by Crippen LogP contribution is -2.75. The van der Waals surface area contributed by atoms with Crippen molar-refractivity contribution < 1.29 is 110 Å². The fraction of sp³-hybridized carbons (Fsp3) is 0.188. The smallest absolute Gasteiger partial charge is 0.200 e. The summed E-state index contributed by atoms with van der Waals surface area (Å²) < 4.78 is 344. The lowest BCUT2D eigenvalue weighted by molar-refractivity contribution is -0.687. The van der Waals surface area contributed by atoms with Gasteiger partial charge in [0, 0.05) is 26.9 Å². The lowest BCUT2D eigenvalue weighted by atomic mass is 9.12. The van der Waals surface area contributed by atoms with Crippen molar-refractivity contribution in [3.8, 4) is 0 Å². The van der Waals surface area contributed by atoms with Gasteiger partial charge in [0.1, 0.15) is 6.15 Å². The van der Waals surface area contributed by atoms with Crippen LogP contribution in [0.5, 0.6) is 0 Å². The van der Waals surface area contributed by atoms with Crippen LogP contribution in [0, 0.1) is 0 Å². The monoisotopic (exact) mass is 1160 g/mol. The molecular formula is C48H25BBrF24N. The lowest BCUT2D eigenvalue weighted by Gasteiger charge is -2.46. The highest BCUT2D eigenvalue weighted by Gasteiger charge is 2.47. The highest BCUT2D eigenvalue weighted by molar-refractivity contribution is 9.10.